The molecule has 1 amide bonds. The second-order valence-electron chi connectivity index (χ2n) is 11.0. The number of carbonyl (C=O) groups is 2. The quantitative estimate of drug-likeness (QED) is 0.179. The number of carbonyl (C=O) groups excluding carboxylic acids is 2. The third-order valence-corrected chi connectivity index (χ3v) is 9.83. The van der Waals surface area contributed by atoms with Crippen molar-refractivity contribution in [1.29, 1.82) is 0 Å². The van der Waals surface area contributed by atoms with Crippen molar-refractivity contribution < 1.29 is 23.8 Å². The average Bonchev–Trinajstić information content (AvgIpc) is 3.76. The average molecular weight is 670 g/mol. The van der Waals surface area contributed by atoms with Crippen LogP contribution in [-0.4, -0.2) is 61.0 Å². The Kier molecular flexibility index (Phi) is 9.93. The van der Waals surface area contributed by atoms with E-state index >= 15 is 0 Å². The molecule has 1 saturated heterocycles. The van der Waals surface area contributed by atoms with Crippen LogP contribution in [-0.2, 0) is 14.3 Å². The Labute approximate surface area is 280 Å². The van der Waals surface area contributed by atoms with Crippen LogP contribution >= 0.6 is 23.1 Å². The van der Waals surface area contributed by atoms with Crippen LogP contribution in [0.4, 0.5) is 0 Å². The van der Waals surface area contributed by atoms with Gasteiger partial charge < -0.3 is 19.1 Å². The number of methoxy groups -OCH3 is 1. The molecule has 2 aliphatic rings. The molecule has 242 valence electrons. The molecule has 2 aliphatic heterocycles. The zero-order chi connectivity index (χ0) is 32.9. The molecule has 4 aromatic rings. The summed E-state index contributed by atoms with van der Waals surface area (Å²) in [5.74, 6) is 0.318. The molecule has 1 atom stereocenters. The number of likely N-dealkylation sites (tertiary alicyclic amines) is 1. The highest BCUT2D eigenvalue weighted by atomic mass is 32.2. The topological polar surface area (TPSA) is 99.4 Å². The van der Waals surface area contributed by atoms with E-state index in [4.69, 9.17) is 19.2 Å². The second-order valence-corrected chi connectivity index (χ2v) is 12.9. The van der Waals surface area contributed by atoms with Gasteiger partial charge in [-0.25, -0.2) is 9.79 Å². The van der Waals surface area contributed by atoms with Crippen LogP contribution in [0.5, 0.6) is 11.5 Å². The number of aromatic nitrogens is 1. The fourth-order valence-electron chi connectivity index (χ4n) is 5.78. The van der Waals surface area contributed by atoms with Gasteiger partial charge in [0.1, 0.15) is 0 Å². The maximum absolute atomic E-state index is 14.2. The minimum Gasteiger partial charge on any atom is -0.493 e. The Morgan fingerprint density at radius 2 is 1.77 bits per heavy atom. The summed E-state index contributed by atoms with van der Waals surface area (Å²) in [7, 11) is 1.53. The highest BCUT2D eigenvalue weighted by Crippen LogP contribution is 2.36. The summed E-state index contributed by atoms with van der Waals surface area (Å²) in [5, 5.41) is 0. The fourth-order valence-corrected chi connectivity index (χ4v) is 7.19. The van der Waals surface area contributed by atoms with E-state index in [1.807, 2.05) is 71.8 Å². The Bertz CT molecular complexity index is 1990. The van der Waals surface area contributed by atoms with Crippen molar-refractivity contribution in [3.05, 3.63) is 115 Å². The first-order valence-corrected chi connectivity index (χ1v) is 17.5. The normalized spacial score (nSPS) is 16.1. The van der Waals surface area contributed by atoms with Crippen molar-refractivity contribution >= 4 is 46.7 Å². The van der Waals surface area contributed by atoms with Crippen LogP contribution in [0.25, 0.3) is 11.8 Å². The summed E-state index contributed by atoms with van der Waals surface area (Å²) in [4.78, 5) is 48.7. The molecule has 1 aromatic heterocycles. The molecular formula is C36H35N3O6S2. The molecule has 6 rings (SSSR count). The Morgan fingerprint density at radius 1 is 1.02 bits per heavy atom. The molecule has 3 aromatic carbocycles. The molecule has 47 heavy (non-hydrogen) atoms. The largest absolute Gasteiger partial charge is 0.493 e. The van der Waals surface area contributed by atoms with Crippen molar-refractivity contribution in [2.24, 2.45) is 4.99 Å². The van der Waals surface area contributed by atoms with Gasteiger partial charge in [0.25, 0.3) is 11.5 Å². The van der Waals surface area contributed by atoms with Gasteiger partial charge >= 0.3 is 5.97 Å². The van der Waals surface area contributed by atoms with E-state index in [9.17, 15) is 14.4 Å². The maximum atomic E-state index is 14.2. The molecule has 0 spiro atoms. The number of thioether (sulfide) groups is 1. The predicted octanol–water partition coefficient (Wildman–Crippen LogP) is 4.67. The summed E-state index contributed by atoms with van der Waals surface area (Å²) in [6, 6.07) is 21.9. The molecule has 11 heteroatoms. The number of benzene rings is 3. The lowest BCUT2D eigenvalue weighted by Crippen LogP contribution is -2.40. The van der Waals surface area contributed by atoms with E-state index < -0.39 is 12.0 Å². The van der Waals surface area contributed by atoms with Crippen molar-refractivity contribution in [2.75, 3.05) is 39.7 Å². The van der Waals surface area contributed by atoms with E-state index in [0.717, 1.165) is 42.0 Å². The SMILES string of the molecule is CCOC(=O)C1=C(c2ccccc2)N=c2s/c(=C/c3ccc(OCC(=O)N4CCCC4)c(OC)c3)c(=O)n2[C@H]1c1ccc(SC)cc1. The predicted molar refractivity (Wildman–Crippen MR) is 184 cm³/mol. The smallest absolute Gasteiger partial charge is 0.338 e. The summed E-state index contributed by atoms with van der Waals surface area (Å²) in [6.07, 6.45) is 5.79. The summed E-state index contributed by atoms with van der Waals surface area (Å²) in [5.41, 5.74) is 2.73. The highest BCUT2D eigenvalue weighted by molar-refractivity contribution is 7.98. The van der Waals surface area contributed by atoms with E-state index in [1.54, 1.807) is 41.5 Å². The van der Waals surface area contributed by atoms with Crippen molar-refractivity contribution in [1.82, 2.24) is 9.47 Å². The number of rotatable bonds is 10. The molecule has 0 N–H and O–H groups in total. The van der Waals surface area contributed by atoms with Crippen LogP contribution in [0, 0.1) is 0 Å². The van der Waals surface area contributed by atoms with Gasteiger partial charge in [-0.05, 0) is 67.5 Å². The van der Waals surface area contributed by atoms with Crippen molar-refractivity contribution in [3.8, 4) is 11.5 Å². The summed E-state index contributed by atoms with van der Waals surface area (Å²) >= 11 is 2.86. The van der Waals surface area contributed by atoms with Gasteiger partial charge in [-0.1, -0.05) is 59.9 Å². The summed E-state index contributed by atoms with van der Waals surface area (Å²) in [6.45, 7) is 3.38. The van der Waals surface area contributed by atoms with Crippen molar-refractivity contribution in [2.45, 2.75) is 30.7 Å². The van der Waals surface area contributed by atoms with E-state index in [0.29, 0.717) is 37.7 Å². The zero-order valence-electron chi connectivity index (χ0n) is 26.4. The zero-order valence-corrected chi connectivity index (χ0v) is 28.1. The fraction of sp³-hybridized carbons (Fsp3) is 0.278. The lowest BCUT2D eigenvalue weighted by atomic mass is 9.93. The van der Waals surface area contributed by atoms with Gasteiger partial charge in [0.2, 0.25) is 0 Å². The molecule has 0 bridgehead atoms. The molecular weight excluding hydrogens is 635 g/mol. The van der Waals surface area contributed by atoms with E-state index in [1.165, 1.54) is 18.4 Å². The number of fused-ring (bicyclic) bond motifs is 1. The molecule has 0 saturated carbocycles. The van der Waals surface area contributed by atoms with E-state index in [-0.39, 0.29) is 24.7 Å². The first kappa shape index (κ1) is 32.3. The van der Waals surface area contributed by atoms with Gasteiger partial charge in [0, 0.05) is 23.5 Å². The number of ether oxygens (including phenoxy) is 3. The molecule has 0 radical (unpaired) electrons. The van der Waals surface area contributed by atoms with Crippen LogP contribution in [0.3, 0.4) is 0 Å². The van der Waals surface area contributed by atoms with Crippen LogP contribution in [0.1, 0.15) is 42.5 Å². The monoisotopic (exact) mass is 669 g/mol. The molecule has 0 unspecified atom stereocenters. The Balaban J connectivity index is 1.44. The van der Waals surface area contributed by atoms with Gasteiger partial charge in [0.05, 0.1) is 35.6 Å². The van der Waals surface area contributed by atoms with Crippen LogP contribution in [0.15, 0.2) is 93.1 Å². The third kappa shape index (κ3) is 6.77. The number of esters is 1. The maximum Gasteiger partial charge on any atom is 0.338 e. The second kappa shape index (κ2) is 14.4. The lowest BCUT2D eigenvalue weighted by molar-refractivity contribution is -0.139. The standard InChI is InChI=1S/C36H35N3O6S2/c1-4-44-35(42)31-32(24-10-6-5-7-11-24)37-36-39(33(31)25-13-15-26(46-3)16-14-25)34(41)29(47-36)21-23-12-17-27(28(20-23)43-2)45-22-30(40)38-18-8-9-19-38/h5-7,10-17,20-21,33H,4,8-9,18-19,22H2,1-3H3/b29-21+/t33-/m0/s1. The molecule has 0 aliphatic carbocycles. The third-order valence-electron chi connectivity index (χ3n) is 8.10. The van der Waals surface area contributed by atoms with Crippen LogP contribution in [0.2, 0.25) is 0 Å². The highest BCUT2D eigenvalue weighted by Gasteiger charge is 2.35. The van der Waals surface area contributed by atoms with Gasteiger partial charge in [-0.2, -0.15) is 0 Å². The number of amides is 1. The number of thiazole rings is 1. The van der Waals surface area contributed by atoms with Crippen LogP contribution < -0.4 is 24.4 Å². The Hall–Kier alpha value is -4.61. The van der Waals surface area contributed by atoms with Gasteiger partial charge in [-0.15, -0.1) is 11.8 Å². The number of hydrogen-bond acceptors (Lipinski definition) is 9. The molecule has 1 fully saturated rings. The van der Waals surface area contributed by atoms with E-state index in [2.05, 4.69) is 0 Å². The number of nitrogens with zero attached hydrogens (tertiary/aromatic N) is 3. The first-order chi connectivity index (χ1) is 22.9. The lowest BCUT2D eigenvalue weighted by Gasteiger charge is -2.26. The first-order valence-electron chi connectivity index (χ1n) is 15.4. The minimum absolute atomic E-state index is 0.0514. The molecule has 9 nitrogen and oxygen atoms in total. The summed E-state index contributed by atoms with van der Waals surface area (Å²) < 4.78 is 19.0. The number of hydrogen-bond donors (Lipinski definition) is 0. The Morgan fingerprint density at radius 3 is 2.45 bits per heavy atom. The minimum atomic E-state index is -0.753. The molecule has 3 heterocycles. The van der Waals surface area contributed by atoms with Gasteiger partial charge in [-0.3, -0.25) is 14.2 Å². The van der Waals surface area contributed by atoms with Crippen molar-refractivity contribution in [3.63, 3.8) is 0 Å². The van der Waals surface area contributed by atoms with Gasteiger partial charge in [0.15, 0.2) is 22.9 Å².